The third-order valence-electron chi connectivity index (χ3n) is 3.95. The van der Waals surface area contributed by atoms with Gasteiger partial charge in [0.15, 0.2) is 0 Å². The summed E-state index contributed by atoms with van der Waals surface area (Å²) in [5, 5.41) is 3.59. The number of rotatable bonds is 1. The van der Waals surface area contributed by atoms with Gasteiger partial charge in [-0.1, -0.05) is 12.8 Å². The summed E-state index contributed by atoms with van der Waals surface area (Å²) in [6.07, 6.45) is 10.9. The second-order valence-corrected chi connectivity index (χ2v) is 5.16. The third-order valence-corrected chi connectivity index (χ3v) is 3.95. The van der Waals surface area contributed by atoms with Gasteiger partial charge in [0.2, 0.25) is 0 Å². The molecule has 0 amide bonds. The Morgan fingerprint density at radius 1 is 1.20 bits per heavy atom. The Morgan fingerprint density at radius 3 is 3.07 bits per heavy atom. The Morgan fingerprint density at radius 2 is 2.13 bits per heavy atom. The van der Waals surface area contributed by atoms with Gasteiger partial charge >= 0.3 is 0 Å². The normalized spacial score (nSPS) is 35.8. The van der Waals surface area contributed by atoms with E-state index in [1.54, 1.807) is 0 Å². The van der Waals surface area contributed by atoms with Crippen molar-refractivity contribution in [3.63, 3.8) is 0 Å². The molecule has 0 aromatic heterocycles. The molecule has 2 heteroatoms. The zero-order chi connectivity index (χ0) is 10.5. The highest BCUT2D eigenvalue weighted by Gasteiger charge is 2.26. The van der Waals surface area contributed by atoms with Gasteiger partial charge in [-0.05, 0) is 64.7 Å². The van der Waals surface area contributed by atoms with Gasteiger partial charge in [-0.2, -0.15) is 0 Å². The van der Waals surface area contributed by atoms with E-state index >= 15 is 0 Å². The van der Waals surface area contributed by atoms with Crippen LogP contribution in [-0.4, -0.2) is 37.6 Å². The Labute approximate surface area is 94.4 Å². The van der Waals surface area contributed by atoms with Gasteiger partial charge in [0, 0.05) is 6.04 Å². The van der Waals surface area contributed by atoms with Gasteiger partial charge in [-0.3, -0.25) is 0 Å². The number of likely N-dealkylation sites (tertiary alicyclic amines) is 1. The van der Waals surface area contributed by atoms with Crippen LogP contribution in [-0.2, 0) is 0 Å². The van der Waals surface area contributed by atoms with Gasteiger partial charge in [-0.15, -0.1) is 0 Å². The monoisotopic (exact) mass is 209 g/mol. The van der Waals surface area contributed by atoms with Crippen molar-refractivity contribution < 1.29 is 0 Å². The lowest BCUT2D eigenvalue weighted by molar-refractivity contribution is 0.200. The van der Waals surface area contributed by atoms with Crippen molar-refractivity contribution in [1.82, 2.24) is 10.2 Å². The first-order chi connectivity index (χ1) is 7.38. The van der Waals surface area contributed by atoms with E-state index in [0.717, 1.165) is 12.0 Å². The highest BCUT2D eigenvalue weighted by atomic mass is 15.1. The van der Waals surface area contributed by atoms with E-state index in [4.69, 9.17) is 0 Å². The molecule has 2 fully saturated rings. The molecule has 2 aliphatic heterocycles. The standard InChI is InChI=1S/C13H25N2/c1-15-10-6-2-3-8-13(15)12-7-4-5-9-14-11-12/h8,12-14H,2-7,9-11H2,1H3. The SMILES string of the molecule is CN1CCCC[CH]C1C1CCCCNC1. The van der Waals surface area contributed by atoms with Gasteiger partial charge in [-0.25, -0.2) is 0 Å². The summed E-state index contributed by atoms with van der Waals surface area (Å²) in [5.74, 6) is 0.857. The molecule has 0 aliphatic carbocycles. The fourth-order valence-corrected chi connectivity index (χ4v) is 3.01. The van der Waals surface area contributed by atoms with Crippen LogP contribution in [0.4, 0.5) is 0 Å². The van der Waals surface area contributed by atoms with Gasteiger partial charge in [0.05, 0.1) is 0 Å². The minimum atomic E-state index is 0.734. The van der Waals surface area contributed by atoms with Crippen molar-refractivity contribution >= 4 is 0 Å². The van der Waals surface area contributed by atoms with Crippen molar-refractivity contribution in [3.05, 3.63) is 6.42 Å². The molecule has 2 nitrogen and oxygen atoms in total. The predicted octanol–water partition coefficient (Wildman–Crippen LogP) is 2.06. The van der Waals surface area contributed by atoms with E-state index in [0.29, 0.717) is 0 Å². The lowest BCUT2D eigenvalue weighted by Crippen LogP contribution is -2.41. The largest absolute Gasteiger partial charge is 0.316 e. The number of hydrogen-bond acceptors (Lipinski definition) is 2. The average molecular weight is 209 g/mol. The molecule has 87 valence electrons. The van der Waals surface area contributed by atoms with E-state index in [2.05, 4.69) is 23.7 Å². The second-order valence-electron chi connectivity index (χ2n) is 5.16. The first-order valence-electron chi connectivity index (χ1n) is 6.62. The van der Waals surface area contributed by atoms with E-state index in [1.165, 1.54) is 58.2 Å². The first kappa shape index (κ1) is 11.4. The summed E-state index contributed by atoms with van der Waals surface area (Å²) < 4.78 is 0. The summed E-state index contributed by atoms with van der Waals surface area (Å²) in [6, 6.07) is 0.734. The molecule has 2 heterocycles. The zero-order valence-electron chi connectivity index (χ0n) is 10.0. The van der Waals surface area contributed by atoms with Crippen LogP contribution in [0.15, 0.2) is 0 Å². The molecule has 0 aromatic rings. The summed E-state index contributed by atoms with van der Waals surface area (Å²) in [5.41, 5.74) is 0. The van der Waals surface area contributed by atoms with Crippen LogP contribution in [0.2, 0.25) is 0 Å². The van der Waals surface area contributed by atoms with Crippen LogP contribution in [0.25, 0.3) is 0 Å². The van der Waals surface area contributed by atoms with Crippen molar-refractivity contribution in [2.45, 2.75) is 44.6 Å². The molecule has 2 atom stereocenters. The van der Waals surface area contributed by atoms with E-state index in [9.17, 15) is 0 Å². The fraction of sp³-hybridized carbons (Fsp3) is 0.923. The predicted molar refractivity (Wildman–Crippen MR) is 64.8 cm³/mol. The van der Waals surface area contributed by atoms with Gasteiger partial charge < -0.3 is 10.2 Å². The highest BCUT2D eigenvalue weighted by molar-refractivity contribution is 4.93. The van der Waals surface area contributed by atoms with Crippen molar-refractivity contribution in [2.24, 2.45) is 5.92 Å². The molecule has 2 aliphatic rings. The molecule has 0 saturated carbocycles. The Bertz CT molecular complexity index is 173. The van der Waals surface area contributed by atoms with Gasteiger partial charge in [0.25, 0.3) is 0 Å². The Hall–Kier alpha value is -0.0800. The summed E-state index contributed by atoms with van der Waals surface area (Å²) >= 11 is 0. The zero-order valence-corrected chi connectivity index (χ0v) is 10.0. The minimum Gasteiger partial charge on any atom is -0.316 e. The first-order valence-corrected chi connectivity index (χ1v) is 6.62. The smallest absolute Gasteiger partial charge is 0.0164 e. The van der Waals surface area contributed by atoms with Crippen LogP contribution in [0.5, 0.6) is 0 Å². The maximum absolute atomic E-state index is 3.59. The average Bonchev–Trinajstić information content (AvgIpc) is 2.59. The maximum atomic E-state index is 3.59. The van der Waals surface area contributed by atoms with Crippen molar-refractivity contribution in [3.8, 4) is 0 Å². The molecule has 1 radical (unpaired) electrons. The van der Waals surface area contributed by atoms with E-state index in [-0.39, 0.29) is 0 Å². The molecule has 1 N–H and O–H groups in total. The third kappa shape index (κ3) is 3.18. The minimum absolute atomic E-state index is 0.734. The highest BCUT2D eigenvalue weighted by Crippen LogP contribution is 2.25. The lowest BCUT2D eigenvalue weighted by Gasteiger charge is -2.32. The van der Waals surface area contributed by atoms with Crippen LogP contribution in [0.3, 0.4) is 0 Å². The van der Waals surface area contributed by atoms with Crippen molar-refractivity contribution in [2.75, 3.05) is 26.7 Å². The number of nitrogens with one attached hydrogen (secondary N) is 1. The van der Waals surface area contributed by atoms with Crippen LogP contribution >= 0.6 is 0 Å². The molecule has 2 rings (SSSR count). The topological polar surface area (TPSA) is 15.3 Å². The van der Waals surface area contributed by atoms with Crippen molar-refractivity contribution in [1.29, 1.82) is 0 Å². The second kappa shape index (κ2) is 5.86. The quantitative estimate of drug-likeness (QED) is 0.711. The molecule has 2 saturated heterocycles. The number of nitrogens with zero attached hydrogens (tertiary/aromatic N) is 1. The van der Waals surface area contributed by atoms with E-state index < -0.39 is 0 Å². The Balaban J connectivity index is 1.92. The van der Waals surface area contributed by atoms with Crippen LogP contribution in [0.1, 0.15) is 38.5 Å². The molecule has 15 heavy (non-hydrogen) atoms. The summed E-state index contributed by atoms with van der Waals surface area (Å²) in [7, 11) is 2.30. The maximum Gasteiger partial charge on any atom is 0.0164 e. The number of hydrogen-bond donors (Lipinski definition) is 1. The molecular weight excluding hydrogens is 184 g/mol. The van der Waals surface area contributed by atoms with Gasteiger partial charge in [0.1, 0.15) is 0 Å². The Kier molecular flexibility index (Phi) is 4.45. The van der Waals surface area contributed by atoms with Crippen LogP contribution in [0, 0.1) is 12.3 Å². The van der Waals surface area contributed by atoms with Crippen LogP contribution < -0.4 is 5.32 Å². The molecule has 2 unspecified atom stereocenters. The fourth-order valence-electron chi connectivity index (χ4n) is 3.01. The molecule has 0 aromatic carbocycles. The molecule has 0 bridgehead atoms. The summed E-state index contributed by atoms with van der Waals surface area (Å²) in [4.78, 5) is 2.57. The van der Waals surface area contributed by atoms with E-state index in [1.807, 2.05) is 0 Å². The molecular formula is C13H25N2. The molecule has 0 spiro atoms. The summed E-state index contributed by atoms with van der Waals surface area (Å²) in [6.45, 7) is 3.75. The lowest BCUT2D eigenvalue weighted by atomic mass is 9.91.